The largest absolute Gasteiger partial charge is 0.419 e. The Kier molecular flexibility index (Phi) is 2.94. The summed E-state index contributed by atoms with van der Waals surface area (Å²) in [6, 6.07) is 0. The van der Waals surface area contributed by atoms with Crippen molar-refractivity contribution in [3.63, 3.8) is 0 Å². The van der Waals surface area contributed by atoms with Crippen LogP contribution in [0.15, 0.2) is 0 Å². The molecule has 0 fully saturated rings. The Morgan fingerprint density at radius 1 is 1.38 bits per heavy atom. The van der Waals surface area contributed by atoms with Crippen LogP contribution in [0.5, 0.6) is 0 Å². The summed E-state index contributed by atoms with van der Waals surface area (Å²) < 4.78 is 5.64. The Hall–Kier alpha value is 0.394. The molecule has 0 rings (SSSR count). The molecule has 0 aromatic carbocycles. The maximum Gasteiger partial charge on any atom is 0.183 e. The van der Waals surface area contributed by atoms with Crippen molar-refractivity contribution < 1.29 is 4.43 Å². The molecule has 0 saturated carbocycles. The summed E-state index contributed by atoms with van der Waals surface area (Å²) in [5.41, 5.74) is 0.543. The van der Waals surface area contributed by atoms with Crippen LogP contribution in [0.4, 0.5) is 0 Å². The van der Waals surface area contributed by atoms with Crippen LogP contribution < -0.4 is 0 Å². The molecule has 0 saturated heterocycles. The van der Waals surface area contributed by atoms with E-state index < -0.39 is 8.32 Å². The van der Waals surface area contributed by atoms with Gasteiger partial charge in [0.25, 0.3) is 0 Å². The molecular weight excluding hydrogens is 132 g/mol. The van der Waals surface area contributed by atoms with Gasteiger partial charge in [0, 0.05) is 16.0 Å². The Balaban J connectivity index is 3.39. The molecule has 50 valence electrons. The standard InChI is InChI=1S/C5H16OSi2/c1-5(7)6-8(2,3)4/h5H,1-4,7H3. The van der Waals surface area contributed by atoms with Crippen molar-refractivity contribution in [2.24, 2.45) is 0 Å². The van der Waals surface area contributed by atoms with Gasteiger partial charge in [-0.1, -0.05) is 0 Å². The van der Waals surface area contributed by atoms with Crippen LogP contribution in [0, 0.1) is 0 Å². The van der Waals surface area contributed by atoms with Gasteiger partial charge in [0.1, 0.15) is 0 Å². The third kappa shape index (κ3) is 6.39. The van der Waals surface area contributed by atoms with Crippen molar-refractivity contribution in [1.29, 1.82) is 0 Å². The normalized spacial score (nSPS) is 16.5. The maximum atomic E-state index is 5.64. The summed E-state index contributed by atoms with van der Waals surface area (Å²) in [7, 11) is -0.0233. The summed E-state index contributed by atoms with van der Waals surface area (Å²) in [5, 5.41) is 0. The van der Waals surface area contributed by atoms with Crippen molar-refractivity contribution >= 4 is 18.6 Å². The third-order valence-corrected chi connectivity index (χ3v) is 2.47. The van der Waals surface area contributed by atoms with Gasteiger partial charge < -0.3 is 4.43 Å². The highest BCUT2D eigenvalue weighted by Gasteiger charge is 2.14. The van der Waals surface area contributed by atoms with Crippen LogP contribution >= 0.6 is 0 Å². The highest BCUT2D eigenvalue weighted by atomic mass is 28.4. The van der Waals surface area contributed by atoms with Crippen LogP contribution in [-0.4, -0.2) is 24.3 Å². The number of hydrogen-bond donors (Lipinski definition) is 0. The van der Waals surface area contributed by atoms with Crippen LogP contribution in [0.1, 0.15) is 6.92 Å². The van der Waals surface area contributed by atoms with E-state index in [9.17, 15) is 0 Å². The Morgan fingerprint density at radius 3 is 1.75 bits per heavy atom. The van der Waals surface area contributed by atoms with Gasteiger partial charge in [-0.3, -0.25) is 0 Å². The first kappa shape index (κ1) is 8.39. The average molecular weight is 148 g/mol. The quantitative estimate of drug-likeness (QED) is 0.520. The molecule has 0 spiro atoms. The van der Waals surface area contributed by atoms with E-state index in [1.165, 1.54) is 0 Å². The second kappa shape index (κ2) is 2.80. The topological polar surface area (TPSA) is 9.23 Å². The zero-order valence-corrected chi connectivity index (χ0v) is 9.49. The molecule has 0 amide bonds. The lowest BCUT2D eigenvalue weighted by molar-refractivity contribution is 0.294. The molecule has 0 heterocycles. The van der Waals surface area contributed by atoms with E-state index in [4.69, 9.17) is 4.43 Å². The Bertz CT molecular complexity index is 65.3. The first-order chi connectivity index (χ1) is 3.42. The van der Waals surface area contributed by atoms with Crippen molar-refractivity contribution in [2.45, 2.75) is 32.3 Å². The van der Waals surface area contributed by atoms with E-state index in [2.05, 4.69) is 26.6 Å². The molecule has 1 atom stereocenters. The van der Waals surface area contributed by atoms with Gasteiger partial charge in [-0.2, -0.15) is 0 Å². The fraction of sp³-hybridized carbons (Fsp3) is 1.00. The molecule has 0 aliphatic carbocycles. The molecule has 8 heavy (non-hydrogen) atoms. The van der Waals surface area contributed by atoms with Crippen molar-refractivity contribution in [2.75, 3.05) is 0 Å². The molecule has 0 bridgehead atoms. The molecule has 1 nitrogen and oxygen atoms in total. The minimum atomic E-state index is -1.19. The number of rotatable bonds is 2. The third-order valence-electron chi connectivity index (χ3n) is 0.589. The van der Waals surface area contributed by atoms with Crippen LogP contribution in [-0.2, 0) is 4.43 Å². The second-order valence-electron chi connectivity index (χ2n) is 3.28. The molecular formula is C5H16OSi2. The molecule has 0 aromatic rings. The van der Waals surface area contributed by atoms with Gasteiger partial charge in [-0.25, -0.2) is 0 Å². The maximum absolute atomic E-state index is 5.64. The van der Waals surface area contributed by atoms with E-state index in [1.807, 2.05) is 0 Å². The molecule has 3 heteroatoms. The van der Waals surface area contributed by atoms with Crippen molar-refractivity contribution in [3.05, 3.63) is 0 Å². The Morgan fingerprint density at radius 2 is 1.75 bits per heavy atom. The van der Waals surface area contributed by atoms with Gasteiger partial charge >= 0.3 is 0 Å². The minimum Gasteiger partial charge on any atom is -0.419 e. The lowest BCUT2D eigenvalue weighted by Gasteiger charge is -2.20. The van der Waals surface area contributed by atoms with Crippen LogP contribution in [0.3, 0.4) is 0 Å². The van der Waals surface area contributed by atoms with E-state index >= 15 is 0 Å². The van der Waals surface area contributed by atoms with Crippen LogP contribution in [0.2, 0.25) is 19.6 Å². The summed E-state index contributed by atoms with van der Waals surface area (Å²) >= 11 is 0. The fourth-order valence-corrected chi connectivity index (χ4v) is 4.24. The number of hydrogen-bond acceptors (Lipinski definition) is 1. The first-order valence-electron chi connectivity index (χ1n) is 3.09. The van der Waals surface area contributed by atoms with Gasteiger partial charge in [-0.05, 0) is 26.6 Å². The summed E-state index contributed by atoms with van der Waals surface area (Å²) in [6.45, 7) is 8.81. The second-order valence-corrected chi connectivity index (χ2v) is 9.37. The van der Waals surface area contributed by atoms with Gasteiger partial charge in [0.05, 0.1) is 0 Å². The van der Waals surface area contributed by atoms with E-state index in [0.717, 1.165) is 10.2 Å². The SMILES string of the molecule is CC([SiH3])O[Si](C)(C)C. The highest BCUT2D eigenvalue weighted by molar-refractivity contribution is 6.70. The van der Waals surface area contributed by atoms with Gasteiger partial charge in [0.2, 0.25) is 0 Å². The predicted octanol–water partition coefficient (Wildman–Crippen LogP) is 0.549. The predicted molar refractivity (Wildman–Crippen MR) is 43.8 cm³/mol. The zero-order valence-electron chi connectivity index (χ0n) is 6.49. The first-order valence-corrected chi connectivity index (χ1v) is 7.66. The smallest absolute Gasteiger partial charge is 0.183 e. The molecule has 0 aliphatic rings. The molecule has 0 radical (unpaired) electrons. The lowest BCUT2D eigenvalue weighted by Crippen LogP contribution is -2.30. The fourth-order valence-electron chi connectivity index (χ4n) is 0.707. The molecule has 0 aromatic heterocycles. The van der Waals surface area contributed by atoms with Crippen molar-refractivity contribution in [3.8, 4) is 0 Å². The lowest BCUT2D eigenvalue weighted by atomic mass is 10.9. The summed E-state index contributed by atoms with van der Waals surface area (Å²) in [4.78, 5) is 0. The average Bonchev–Trinajstić information content (AvgIpc) is 1.21. The molecule has 0 aliphatic heterocycles. The molecule has 0 N–H and O–H groups in total. The zero-order chi connectivity index (χ0) is 6.78. The summed E-state index contributed by atoms with van der Waals surface area (Å²) in [5.74, 6) is 0. The van der Waals surface area contributed by atoms with Crippen molar-refractivity contribution in [1.82, 2.24) is 0 Å². The van der Waals surface area contributed by atoms with E-state index in [0.29, 0.717) is 5.73 Å². The summed E-state index contributed by atoms with van der Waals surface area (Å²) in [6.07, 6.45) is 0. The molecule has 1 unspecified atom stereocenters. The monoisotopic (exact) mass is 148 g/mol. The minimum absolute atomic E-state index is 0.543. The van der Waals surface area contributed by atoms with Crippen LogP contribution in [0.25, 0.3) is 0 Å². The highest BCUT2D eigenvalue weighted by Crippen LogP contribution is 2.03. The van der Waals surface area contributed by atoms with E-state index in [-0.39, 0.29) is 0 Å². The Labute approximate surface area is 56.0 Å². The van der Waals surface area contributed by atoms with E-state index in [1.54, 1.807) is 0 Å². The van der Waals surface area contributed by atoms with Gasteiger partial charge in [0.15, 0.2) is 8.32 Å². The van der Waals surface area contributed by atoms with Gasteiger partial charge in [-0.15, -0.1) is 0 Å².